The normalized spacial score (nSPS) is 22.8. The van der Waals surface area contributed by atoms with Crippen molar-refractivity contribution >= 4 is 15.9 Å². The molecule has 0 radical (unpaired) electrons. The maximum Gasteiger partial charge on any atom is 0.227 e. The molecular weight excluding hydrogens is 358 g/mol. The van der Waals surface area contributed by atoms with Crippen LogP contribution < -0.4 is 0 Å². The van der Waals surface area contributed by atoms with Crippen LogP contribution in [-0.4, -0.2) is 84.1 Å². The van der Waals surface area contributed by atoms with Gasteiger partial charge in [0.05, 0.1) is 12.3 Å². The van der Waals surface area contributed by atoms with Crippen molar-refractivity contribution in [2.24, 2.45) is 0 Å². The number of carbonyl (C=O) groups excluding carboxylic acids is 1. The Morgan fingerprint density at radius 1 is 1.23 bits per heavy atom. The topological polar surface area (TPSA) is 99.8 Å². The number of nitrogens with zero attached hydrogens (tertiary/aromatic N) is 5. The average molecular weight is 385 g/mol. The number of aromatic nitrogens is 2. The Labute approximate surface area is 154 Å². The molecule has 3 heterocycles. The zero-order chi connectivity index (χ0) is 18.7. The number of rotatable bonds is 6. The average Bonchev–Trinajstić information content (AvgIpc) is 3.28. The highest BCUT2D eigenvalue weighted by Gasteiger charge is 2.35. The van der Waals surface area contributed by atoms with Crippen LogP contribution in [0.3, 0.4) is 0 Å². The lowest BCUT2D eigenvalue weighted by Gasteiger charge is -2.34. The molecule has 1 unspecified atom stereocenters. The molecule has 0 N–H and O–H groups in total. The van der Waals surface area contributed by atoms with Crippen molar-refractivity contribution in [1.82, 2.24) is 24.2 Å². The maximum atomic E-state index is 12.3. The van der Waals surface area contributed by atoms with Crippen molar-refractivity contribution < 1.29 is 17.7 Å². The van der Waals surface area contributed by atoms with Gasteiger partial charge >= 0.3 is 0 Å². The second kappa shape index (κ2) is 8.01. The molecule has 3 rings (SSSR count). The highest BCUT2D eigenvalue weighted by atomic mass is 32.2. The number of sulfonamides is 1. The summed E-state index contributed by atoms with van der Waals surface area (Å²) in [6, 6.07) is -0.361. The first-order valence-electron chi connectivity index (χ1n) is 9.18. The molecule has 2 saturated heterocycles. The van der Waals surface area contributed by atoms with Gasteiger partial charge in [0.2, 0.25) is 21.8 Å². The van der Waals surface area contributed by atoms with Crippen LogP contribution in [-0.2, 0) is 21.2 Å². The van der Waals surface area contributed by atoms with E-state index >= 15 is 0 Å². The second-order valence-electron chi connectivity index (χ2n) is 6.89. The van der Waals surface area contributed by atoms with Gasteiger partial charge in [-0.2, -0.15) is 9.29 Å². The van der Waals surface area contributed by atoms with E-state index in [0.29, 0.717) is 37.5 Å². The molecule has 1 aromatic rings. The molecule has 1 amide bonds. The number of amides is 1. The van der Waals surface area contributed by atoms with Crippen molar-refractivity contribution in [3.8, 4) is 0 Å². The number of carbonyl (C=O) groups is 1. The van der Waals surface area contributed by atoms with Crippen LogP contribution in [0, 0.1) is 0 Å². The Morgan fingerprint density at radius 2 is 1.96 bits per heavy atom. The summed E-state index contributed by atoms with van der Waals surface area (Å²) in [5, 5.41) is 3.95. The van der Waals surface area contributed by atoms with Crippen LogP contribution in [0.15, 0.2) is 4.52 Å². The van der Waals surface area contributed by atoms with Gasteiger partial charge in [-0.25, -0.2) is 8.42 Å². The Kier molecular flexibility index (Phi) is 5.93. The van der Waals surface area contributed by atoms with E-state index in [1.807, 2.05) is 4.90 Å². The molecule has 2 fully saturated rings. The summed E-state index contributed by atoms with van der Waals surface area (Å²) < 4.78 is 30.4. The van der Waals surface area contributed by atoms with Gasteiger partial charge in [-0.1, -0.05) is 12.1 Å². The van der Waals surface area contributed by atoms with Gasteiger partial charge < -0.3 is 14.3 Å². The van der Waals surface area contributed by atoms with Crippen LogP contribution in [0.2, 0.25) is 0 Å². The van der Waals surface area contributed by atoms with Crippen LogP contribution in [0.25, 0.3) is 0 Å². The molecule has 26 heavy (non-hydrogen) atoms. The largest absolute Gasteiger partial charge is 0.340 e. The molecule has 146 valence electrons. The molecule has 0 spiro atoms. The number of hydrogen-bond acceptors (Lipinski definition) is 7. The van der Waals surface area contributed by atoms with Gasteiger partial charge in [0.15, 0.2) is 5.82 Å². The number of likely N-dealkylation sites (N-methyl/N-ethyl adjacent to an activating group) is 1. The van der Waals surface area contributed by atoms with Crippen LogP contribution >= 0.6 is 0 Å². The minimum atomic E-state index is -3.29. The van der Waals surface area contributed by atoms with Gasteiger partial charge in [-0.05, 0) is 19.4 Å². The second-order valence-corrected chi connectivity index (χ2v) is 8.83. The lowest BCUT2D eigenvalue weighted by molar-refractivity contribution is -0.133. The summed E-state index contributed by atoms with van der Waals surface area (Å²) in [6.07, 6.45) is 3.37. The first kappa shape index (κ1) is 19.2. The predicted octanol–water partition coefficient (Wildman–Crippen LogP) is 0.263. The van der Waals surface area contributed by atoms with Gasteiger partial charge in [-0.3, -0.25) is 4.79 Å². The number of aryl methyl sites for hydroxylation is 1. The number of piperazine rings is 1. The van der Waals surface area contributed by atoms with Crippen LogP contribution in [0.5, 0.6) is 0 Å². The quantitative estimate of drug-likeness (QED) is 0.692. The Bertz CT molecular complexity index is 727. The van der Waals surface area contributed by atoms with E-state index in [1.54, 1.807) is 0 Å². The molecule has 0 aliphatic carbocycles. The minimum absolute atomic E-state index is 0.0964. The SMILES string of the molecule is CCN1CCN(C(=O)CCc2nc(C3CCCN3S(C)(=O)=O)no2)CC1. The Balaban J connectivity index is 1.53. The highest BCUT2D eigenvalue weighted by Crippen LogP contribution is 2.32. The Morgan fingerprint density at radius 3 is 2.62 bits per heavy atom. The standard InChI is InChI=1S/C16H27N5O4S/c1-3-19-9-11-20(12-10-19)15(22)7-6-14-17-16(18-25-14)13-5-4-8-21(13)26(2,23)24/h13H,3-12H2,1-2H3. The van der Waals surface area contributed by atoms with Gasteiger partial charge in [0.1, 0.15) is 0 Å². The summed E-state index contributed by atoms with van der Waals surface area (Å²) >= 11 is 0. The van der Waals surface area contributed by atoms with Crippen LogP contribution in [0.1, 0.15) is 43.9 Å². The summed E-state index contributed by atoms with van der Waals surface area (Å²) in [6.45, 7) is 6.96. The minimum Gasteiger partial charge on any atom is -0.340 e. The molecule has 9 nitrogen and oxygen atoms in total. The predicted molar refractivity (Wildman–Crippen MR) is 94.8 cm³/mol. The summed E-state index contributed by atoms with van der Waals surface area (Å²) in [5.74, 6) is 0.881. The first-order chi connectivity index (χ1) is 12.4. The van der Waals surface area contributed by atoms with Gasteiger partial charge in [-0.15, -0.1) is 0 Å². The van der Waals surface area contributed by atoms with E-state index in [9.17, 15) is 13.2 Å². The van der Waals surface area contributed by atoms with E-state index in [1.165, 1.54) is 10.6 Å². The van der Waals surface area contributed by atoms with Crippen molar-refractivity contribution in [3.05, 3.63) is 11.7 Å². The third-order valence-corrected chi connectivity index (χ3v) is 6.43. The summed E-state index contributed by atoms with van der Waals surface area (Å²) in [4.78, 5) is 20.9. The number of hydrogen-bond donors (Lipinski definition) is 0. The van der Waals surface area contributed by atoms with E-state index in [-0.39, 0.29) is 11.9 Å². The third-order valence-electron chi connectivity index (χ3n) is 5.14. The molecule has 1 aromatic heterocycles. The molecule has 0 saturated carbocycles. The first-order valence-corrected chi connectivity index (χ1v) is 11.0. The molecule has 2 aliphatic rings. The van der Waals surface area contributed by atoms with Crippen molar-refractivity contribution in [2.45, 2.75) is 38.6 Å². The van der Waals surface area contributed by atoms with Crippen molar-refractivity contribution in [1.29, 1.82) is 0 Å². The van der Waals surface area contributed by atoms with Crippen molar-refractivity contribution in [2.75, 3.05) is 45.5 Å². The molecule has 10 heteroatoms. The molecular formula is C16H27N5O4S. The van der Waals surface area contributed by atoms with E-state index < -0.39 is 10.0 Å². The Hall–Kier alpha value is -1.52. The summed E-state index contributed by atoms with van der Waals surface area (Å²) in [5.41, 5.74) is 0. The zero-order valence-corrected chi connectivity index (χ0v) is 16.2. The molecule has 0 aromatic carbocycles. The smallest absolute Gasteiger partial charge is 0.227 e. The molecule has 1 atom stereocenters. The lowest BCUT2D eigenvalue weighted by atomic mass is 10.2. The van der Waals surface area contributed by atoms with Gasteiger partial charge in [0, 0.05) is 45.6 Å². The monoisotopic (exact) mass is 385 g/mol. The third kappa shape index (κ3) is 4.41. The van der Waals surface area contributed by atoms with Gasteiger partial charge in [0.25, 0.3) is 0 Å². The fraction of sp³-hybridized carbons (Fsp3) is 0.812. The van der Waals surface area contributed by atoms with E-state index in [4.69, 9.17) is 4.52 Å². The summed E-state index contributed by atoms with van der Waals surface area (Å²) in [7, 11) is -3.29. The lowest BCUT2D eigenvalue weighted by Crippen LogP contribution is -2.48. The maximum absolute atomic E-state index is 12.3. The molecule has 2 aliphatic heterocycles. The fourth-order valence-corrected chi connectivity index (χ4v) is 4.71. The van der Waals surface area contributed by atoms with Crippen LogP contribution in [0.4, 0.5) is 0 Å². The van der Waals surface area contributed by atoms with E-state index in [0.717, 1.165) is 39.1 Å². The van der Waals surface area contributed by atoms with E-state index in [2.05, 4.69) is 22.0 Å². The zero-order valence-electron chi connectivity index (χ0n) is 15.4. The highest BCUT2D eigenvalue weighted by molar-refractivity contribution is 7.88. The fourth-order valence-electron chi connectivity index (χ4n) is 3.59. The van der Waals surface area contributed by atoms with Crippen molar-refractivity contribution in [3.63, 3.8) is 0 Å². The molecule has 0 bridgehead atoms.